The zero-order chi connectivity index (χ0) is 24.1. The average Bonchev–Trinajstić information content (AvgIpc) is 3.33. The van der Waals surface area contributed by atoms with Gasteiger partial charge in [0.25, 0.3) is 11.1 Å². The molecule has 1 saturated heterocycles. The molecule has 1 atom stereocenters. The number of halogens is 1. The molecule has 5 heterocycles. The minimum absolute atomic E-state index is 0.279. The molecule has 5 aromatic rings. The second-order valence-corrected chi connectivity index (χ2v) is 8.74. The van der Waals surface area contributed by atoms with Crippen molar-refractivity contribution < 1.29 is 0 Å². The fraction of sp³-hybridized carbons (Fsp3) is 0.208. The molecule has 0 spiro atoms. The molecule has 0 unspecified atom stereocenters. The van der Waals surface area contributed by atoms with Crippen LogP contribution in [-0.4, -0.2) is 41.0 Å². The van der Waals surface area contributed by atoms with Crippen molar-refractivity contribution >= 4 is 39.4 Å². The van der Waals surface area contributed by atoms with Crippen molar-refractivity contribution in [3.63, 3.8) is 0 Å². The molecule has 6 rings (SSSR count). The van der Waals surface area contributed by atoms with Crippen molar-refractivity contribution in [2.75, 3.05) is 11.4 Å². The molecule has 1 aliphatic heterocycles. The van der Waals surface area contributed by atoms with Gasteiger partial charge in [0.2, 0.25) is 0 Å². The molecule has 0 amide bonds. The fourth-order valence-electron chi connectivity index (χ4n) is 4.73. The van der Waals surface area contributed by atoms with Gasteiger partial charge in [-0.2, -0.15) is 0 Å². The van der Waals surface area contributed by atoms with Crippen LogP contribution in [0, 0.1) is 6.92 Å². The summed E-state index contributed by atoms with van der Waals surface area (Å²) in [6.07, 6.45) is 6.13. The minimum Gasteiger partial charge on any atom is -0.346 e. The van der Waals surface area contributed by atoms with Gasteiger partial charge in [-0.25, -0.2) is 19.9 Å². The van der Waals surface area contributed by atoms with E-state index in [1.807, 2.05) is 4.90 Å². The van der Waals surface area contributed by atoms with Crippen LogP contribution in [0.3, 0.4) is 0 Å². The molecule has 11 heteroatoms. The molecule has 35 heavy (non-hydrogen) atoms. The summed E-state index contributed by atoms with van der Waals surface area (Å²) in [6.45, 7) is 2.39. The van der Waals surface area contributed by atoms with Gasteiger partial charge in [0, 0.05) is 12.7 Å². The van der Waals surface area contributed by atoms with Crippen LogP contribution >= 0.6 is 11.6 Å². The highest BCUT2D eigenvalue weighted by Crippen LogP contribution is 2.37. The Balaban J connectivity index is 1.64. The summed E-state index contributed by atoms with van der Waals surface area (Å²) in [6, 6.07) is 8.47. The van der Waals surface area contributed by atoms with Crippen LogP contribution in [0.5, 0.6) is 0 Å². The SMILES string of the molecule is Cc1nc(N2CCC[C@H]2c2nc3cccc(Cl)c3c(=O)n2-c2cccnc2)c2c(=O)[nH]cnc2n1. The molecule has 0 radical (unpaired) electrons. The second kappa shape index (κ2) is 8.24. The van der Waals surface area contributed by atoms with Crippen LogP contribution in [0.2, 0.25) is 5.02 Å². The zero-order valence-electron chi connectivity index (χ0n) is 18.6. The summed E-state index contributed by atoms with van der Waals surface area (Å²) in [4.78, 5) is 53.5. The van der Waals surface area contributed by atoms with E-state index >= 15 is 0 Å². The monoisotopic (exact) mass is 486 g/mol. The lowest BCUT2D eigenvalue weighted by Crippen LogP contribution is -2.33. The minimum atomic E-state index is -0.330. The highest BCUT2D eigenvalue weighted by atomic mass is 35.5. The molecular formula is C24H19ClN8O2. The van der Waals surface area contributed by atoms with E-state index < -0.39 is 0 Å². The Morgan fingerprint density at radius 3 is 2.80 bits per heavy atom. The second-order valence-electron chi connectivity index (χ2n) is 8.33. The van der Waals surface area contributed by atoms with Gasteiger partial charge in [0.15, 0.2) is 5.65 Å². The topological polar surface area (TPSA) is 123 Å². The van der Waals surface area contributed by atoms with Crippen LogP contribution < -0.4 is 16.0 Å². The summed E-state index contributed by atoms with van der Waals surface area (Å²) in [7, 11) is 0. The van der Waals surface area contributed by atoms with E-state index in [1.165, 1.54) is 6.33 Å². The number of aromatic nitrogens is 7. The first-order valence-corrected chi connectivity index (χ1v) is 11.5. The van der Waals surface area contributed by atoms with Crippen LogP contribution in [0.25, 0.3) is 27.6 Å². The van der Waals surface area contributed by atoms with Gasteiger partial charge in [0.1, 0.15) is 22.9 Å². The van der Waals surface area contributed by atoms with E-state index in [0.29, 0.717) is 63.1 Å². The van der Waals surface area contributed by atoms with Crippen LogP contribution in [0.15, 0.2) is 58.6 Å². The number of hydrogen-bond acceptors (Lipinski definition) is 8. The van der Waals surface area contributed by atoms with Gasteiger partial charge in [-0.05, 0) is 44.0 Å². The zero-order valence-corrected chi connectivity index (χ0v) is 19.4. The fourth-order valence-corrected chi connectivity index (χ4v) is 4.98. The number of rotatable bonds is 3. The molecule has 0 aliphatic carbocycles. The number of pyridine rings is 1. The lowest BCUT2D eigenvalue weighted by atomic mass is 10.1. The number of nitrogens with one attached hydrogen (secondary N) is 1. The summed E-state index contributed by atoms with van der Waals surface area (Å²) < 4.78 is 1.56. The molecule has 4 aromatic heterocycles. The van der Waals surface area contributed by atoms with Crippen molar-refractivity contribution in [3.05, 3.63) is 86.4 Å². The third-order valence-electron chi connectivity index (χ3n) is 6.19. The Bertz CT molecular complexity index is 1720. The maximum absolute atomic E-state index is 13.8. The number of benzene rings is 1. The first kappa shape index (κ1) is 21.4. The smallest absolute Gasteiger partial charge is 0.267 e. The van der Waals surface area contributed by atoms with Crippen LogP contribution in [0.4, 0.5) is 5.82 Å². The maximum Gasteiger partial charge on any atom is 0.267 e. The average molecular weight is 487 g/mol. The normalized spacial score (nSPS) is 15.8. The summed E-state index contributed by atoms with van der Waals surface area (Å²) in [5.74, 6) is 1.50. The molecule has 1 aromatic carbocycles. The van der Waals surface area contributed by atoms with E-state index in [2.05, 4.69) is 24.9 Å². The number of anilines is 1. The van der Waals surface area contributed by atoms with Crippen molar-refractivity contribution in [3.8, 4) is 5.69 Å². The number of fused-ring (bicyclic) bond motifs is 2. The predicted molar refractivity (Wildman–Crippen MR) is 132 cm³/mol. The van der Waals surface area contributed by atoms with Gasteiger partial charge < -0.3 is 9.88 Å². The Morgan fingerprint density at radius 1 is 1.09 bits per heavy atom. The quantitative estimate of drug-likeness (QED) is 0.412. The number of hydrogen-bond donors (Lipinski definition) is 1. The molecule has 0 saturated carbocycles. The van der Waals surface area contributed by atoms with E-state index in [0.717, 1.165) is 6.42 Å². The van der Waals surface area contributed by atoms with Gasteiger partial charge in [-0.15, -0.1) is 0 Å². The summed E-state index contributed by atoms with van der Waals surface area (Å²) >= 11 is 6.42. The first-order chi connectivity index (χ1) is 17.0. The number of aromatic amines is 1. The lowest BCUT2D eigenvalue weighted by Gasteiger charge is -2.28. The standard InChI is InChI=1S/C24H19ClN8O2/c1-13-29-20-19(23(34)28-12-27-20)22(30-13)32-10-4-8-17(32)21-31-16-7-2-6-15(25)18(16)24(35)33(21)14-5-3-9-26-11-14/h2-3,5-7,9,11-12,17H,4,8,10H2,1H3,(H,27,28,29,30,34)/t17-/m0/s1. The van der Waals surface area contributed by atoms with E-state index in [1.54, 1.807) is 54.2 Å². The Morgan fingerprint density at radius 2 is 1.97 bits per heavy atom. The van der Waals surface area contributed by atoms with E-state index in [4.69, 9.17) is 16.6 Å². The number of aryl methyl sites for hydroxylation is 1. The van der Waals surface area contributed by atoms with Crippen LogP contribution in [0.1, 0.15) is 30.5 Å². The van der Waals surface area contributed by atoms with E-state index in [9.17, 15) is 9.59 Å². The van der Waals surface area contributed by atoms with Crippen molar-refractivity contribution in [1.82, 2.24) is 34.5 Å². The lowest BCUT2D eigenvalue weighted by molar-refractivity contribution is 0.633. The largest absolute Gasteiger partial charge is 0.346 e. The number of nitrogens with zero attached hydrogens (tertiary/aromatic N) is 7. The molecule has 1 N–H and O–H groups in total. The molecule has 0 bridgehead atoms. The number of H-pyrrole nitrogens is 1. The van der Waals surface area contributed by atoms with Gasteiger partial charge in [-0.3, -0.25) is 19.1 Å². The van der Waals surface area contributed by atoms with Crippen molar-refractivity contribution in [2.45, 2.75) is 25.8 Å². The molecule has 10 nitrogen and oxygen atoms in total. The molecule has 1 aliphatic rings. The third kappa shape index (κ3) is 3.45. The van der Waals surface area contributed by atoms with Crippen LogP contribution in [-0.2, 0) is 0 Å². The Hall–Kier alpha value is -4.18. The molecular weight excluding hydrogens is 468 g/mol. The highest BCUT2D eigenvalue weighted by molar-refractivity contribution is 6.35. The highest BCUT2D eigenvalue weighted by Gasteiger charge is 2.34. The van der Waals surface area contributed by atoms with Gasteiger partial charge >= 0.3 is 0 Å². The predicted octanol–water partition coefficient (Wildman–Crippen LogP) is 3.11. The maximum atomic E-state index is 13.8. The molecule has 174 valence electrons. The Labute approximate surface area is 203 Å². The Kier molecular flexibility index (Phi) is 5.03. The van der Waals surface area contributed by atoms with E-state index in [-0.39, 0.29) is 17.2 Å². The first-order valence-electron chi connectivity index (χ1n) is 11.1. The van der Waals surface area contributed by atoms with Gasteiger partial charge in [0.05, 0.1) is 40.2 Å². The van der Waals surface area contributed by atoms with Crippen molar-refractivity contribution in [1.29, 1.82) is 0 Å². The van der Waals surface area contributed by atoms with Crippen molar-refractivity contribution in [2.24, 2.45) is 0 Å². The summed E-state index contributed by atoms with van der Waals surface area (Å²) in [5, 5.41) is 0.988. The molecule has 1 fully saturated rings. The van der Waals surface area contributed by atoms with Gasteiger partial charge in [-0.1, -0.05) is 17.7 Å². The summed E-state index contributed by atoms with van der Waals surface area (Å²) in [5.41, 5.74) is 0.812. The third-order valence-corrected chi connectivity index (χ3v) is 6.51.